The van der Waals surface area contributed by atoms with Crippen LogP contribution in [0.25, 0.3) is 0 Å². The lowest BCUT2D eigenvalue weighted by atomic mass is 9.83. The van der Waals surface area contributed by atoms with Crippen LogP contribution in [0.4, 0.5) is 4.79 Å². The lowest BCUT2D eigenvalue weighted by Gasteiger charge is -2.28. The monoisotopic (exact) mass is 406 g/mol. The molecule has 1 aromatic heterocycles. The van der Waals surface area contributed by atoms with Crippen LogP contribution in [-0.2, 0) is 16.9 Å². The molecule has 1 aliphatic rings. The zero-order chi connectivity index (χ0) is 20.3. The summed E-state index contributed by atoms with van der Waals surface area (Å²) in [5.74, 6) is 0.205. The van der Waals surface area contributed by atoms with Gasteiger partial charge in [0.1, 0.15) is 5.76 Å². The molecule has 0 saturated carbocycles. The third-order valence-corrected chi connectivity index (χ3v) is 4.89. The molecule has 1 fully saturated rings. The fourth-order valence-corrected chi connectivity index (χ4v) is 3.45. The Balaban J connectivity index is 1.61. The lowest BCUT2D eigenvalue weighted by Crippen LogP contribution is -2.51. The summed E-state index contributed by atoms with van der Waals surface area (Å²) in [6, 6.07) is 21.2. The van der Waals surface area contributed by atoms with Gasteiger partial charge in [-0.05, 0) is 35.5 Å². The first-order valence-electron chi connectivity index (χ1n) is 8.96. The van der Waals surface area contributed by atoms with Gasteiger partial charge in [0.05, 0.1) is 12.8 Å². The summed E-state index contributed by atoms with van der Waals surface area (Å²) in [5.41, 5.74) is 2.65. The third-order valence-electron chi connectivity index (χ3n) is 4.65. The number of nitrogens with one attached hydrogen (secondary N) is 3. The zero-order valence-corrected chi connectivity index (χ0v) is 16.1. The van der Waals surface area contributed by atoms with Crippen molar-refractivity contribution in [2.24, 2.45) is 0 Å². The van der Waals surface area contributed by atoms with Crippen molar-refractivity contribution in [1.82, 2.24) is 21.1 Å². The highest BCUT2D eigenvalue weighted by molar-refractivity contribution is 7.80. The Hall–Kier alpha value is -3.65. The fourth-order valence-electron chi connectivity index (χ4n) is 3.29. The van der Waals surface area contributed by atoms with Crippen molar-refractivity contribution in [2.45, 2.75) is 12.1 Å². The van der Waals surface area contributed by atoms with E-state index >= 15 is 0 Å². The van der Waals surface area contributed by atoms with Gasteiger partial charge < -0.3 is 15.1 Å². The highest BCUT2D eigenvalue weighted by Crippen LogP contribution is 2.35. The lowest BCUT2D eigenvalue weighted by molar-refractivity contribution is -0.131. The molecule has 29 heavy (non-hydrogen) atoms. The van der Waals surface area contributed by atoms with Gasteiger partial charge in [0.2, 0.25) is 0 Å². The van der Waals surface area contributed by atoms with Gasteiger partial charge in [-0.2, -0.15) is 5.01 Å². The number of urea groups is 1. The number of thiocarbonyl (C=S) groups is 1. The Bertz CT molecular complexity index is 983. The normalized spacial score (nSPS) is 15.1. The minimum absolute atomic E-state index is 0.127. The molecule has 3 amide bonds. The molecule has 2 aromatic carbocycles. The molecular formula is C21H18N4O3S. The maximum absolute atomic E-state index is 13.5. The molecule has 0 radical (unpaired) electrons. The molecule has 146 valence electrons. The Morgan fingerprint density at radius 1 is 0.966 bits per heavy atom. The minimum atomic E-state index is -1.34. The number of rotatable bonds is 5. The Labute approximate surface area is 172 Å². The third kappa shape index (κ3) is 3.45. The van der Waals surface area contributed by atoms with Crippen LogP contribution in [-0.4, -0.2) is 22.1 Å². The summed E-state index contributed by atoms with van der Waals surface area (Å²) in [7, 11) is 0. The number of hydrogen-bond acceptors (Lipinski definition) is 4. The number of imide groups is 1. The molecule has 2 heterocycles. The quantitative estimate of drug-likeness (QED) is 0.446. The van der Waals surface area contributed by atoms with Gasteiger partial charge in [-0.25, -0.2) is 4.79 Å². The predicted octanol–water partition coefficient (Wildman–Crippen LogP) is 2.65. The summed E-state index contributed by atoms with van der Waals surface area (Å²) in [6.45, 7) is 0.324. The van der Waals surface area contributed by atoms with E-state index in [9.17, 15) is 9.59 Å². The number of hydrazine groups is 1. The number of carbonyl (C=O) groups excluding carboxylic acids is 2. The molecule has 7 nitrogen and oxygen atoms in total. The van der Waals surface area contributed by atoms with E-state index in [0.29, 0.717) is 23.4 Å². The van der Waals surface area contributed by atoms with Crippen LogP contribution >= 0.6 is 12.2 Å². The number of amides is 3. The highest BCUT2D eigenvalue weighted by atomic mass is 32.1. The fraction of sp³-hybridized carbons (Fsp3) is 0.0952. The molecular weight excluding hydrogens is 388 g/mol. The average molecular weight is 406 g/mol. The molecule has 8 heteroatoms. The van der Waals surface area contributed by atoms with Crippen molar-refractivity contribution < 1.29 is 14.0 Å². The number of hydrogen-bond donors (Lipinski definition) is 3. The van der Waals surface area contributed by atoms with E-state index in [1.165, 1.54) is 0 Å². The van der Waals surface area contributed by atoms with Crippen molar-refractivity contribution in [1.29, 1.82) is 0 Å². The second-order valence-corrected chi connectivity index (χ2v) is 6.83. The van der Waals surface area contributed by atoms with Crippen molar-refractivity contribution in [3.63, 3.8) is 0 Å². The smallest absolute Gasteiger partial charge is 0.344 e. The van der Waals surface area contributed by atoms with E-state index in [-0.39, 0.29) is 5.11 Å². The van der Waals surface area contributed by atoms with E-state index in [1.807, 2.05) is 60.7 Å². The summed E-state index contributed by atoms with van der Waals surface area (Å²) in [5, 5.41) is 6.78. The van der Waals surface area contributed by atoms with Crippen LogP contribution in [0, 0.1) is 0 Å². The van der Waals surface area contributed by atoms with E-state index in [1.54, 1.807) is 18.4 Å². The number of nitrogens with zero attached hydrogens (tertiary/aromatic N) is 1. The molecule has 3 aromatic rings. The van der Waals surface area contributed by atoms with Gasteiger partial charge in [0.25, 0.3) is 5.91 Å². The number of benzene rings is 2. The summed E-state index contributed by atoms with van der Waals surface area (Å²) in [4.78, 5) is 26.2. The Morgan fingerprint density at radius 3 is 2.14 bits per heavy atom. The first kappa shape index (κ1) is 18.7. The molecule has 1 saturated heterocycles. The molecule has 1 aliphatic heterocycles. The highest BCUT2D eigenvalue weighted by Gasteiger charge is 2.54. The summed E-state index contributed by atoms with van der Waals surface area (Å²) in [6.07, 6.45) is 1.55. The predicted molar refractivity (Wildman–Crippen MR) is 110 cm³/mol. The molecule has 4 rings (SSSR count). The van der Waals surface area contributed by atoms with Crippen LogP contribution in [0.3, 0.4) is 0 Å². The van der Waals surface area contributed by atoms with E-state index in [2.05, 4.69) is 16.1 Å². The molecule has 3 N–H and O–H groups in total. The standard InChI is InChI=1S/C21H18N4O3S/c26-18-21(15-8-3-1-4-9-15,16-10-5-2-6-11-16)23-20(27)25(18)24-19(29)22-14-17-12-7-13-28-17/h1-13H,14H2,(H,23,27)(H2,22,24,29). The van der Waals surface area contributed by atoms with E-state index in [0.717, 1.165) is 5.01 Å². The van der Waals surface area contributed by atoms with Gasteiger partial charge in [-0.1, -0.05) is 60.7 Å². The van der Waals surface area contributed by atoms with Crippen LogP contribution in [0.15, 0.2) is 83.5 Å². The van der Waals surface area contributed by atoms with E-state index in [4.69, 9.17) is 16.6 Å². The molecule has 0 spiro atoms. The topological polar surface area (TPSA) is 86.6 Å². The molecule has 0 aliphatic carbocycles. The maximum Gasteiger partial charge on any atom is 0.344 e. The SMILES string of the molecule is O=C1NC(c2ccccc2)(c2ccccc2)C(=O)N1NC(=S)NCc1ccco1. The van der Waals surface area contributed by atoms with Crippen LogP contribution in [0.1, 0.15) is 16.9 Å². The van der Waals surface area contributed by atoms with Gasteiger partial charge >= 0.3 is 6.03 Å². The molecule has 0 atom stereocenters. The maximum atomic E-state index is 13.5. The van der Waals surface area contributed by atoms with Crippen molar-refractivity contribution >= 4 is 29.3 Å². The summed E-state index contributed by atoms with van der Waals surface area (Å²) >= 11 is 5.24. The largest absolute Gasteiger partial charge is 0.467 e. The van der Waals surface area contributed by atoms with Gasteiger partial charge in [-0.3, -0.25) is 10.2 Å². The first-order valence-corrected chi connectivity index (χ1v) is 9.37. The average Bonchev–Trinajstić information content (AvgIpc) is 3.36. The first-order chi connectivity index (χ1) is 14.1. The Kier molecular flexibility index (Phi) is 5.01. The van der Waals surface area contributed by atoms with Crippen molar-refractivity contribution in [3.8, 4) is 0 Å². The second-order valence-electron chi connectivity index (χ2n) is 6.43. The number of carbonyl (C=O) groups is 2. The zero-order valence-electron chi connectivity index (χ0n) is 15.3. The number of furan rings is 1. The second kappa shape index (κ2) is 7.76. The van der Waals surface area contributed by atoms with Crippen molar-refractivity contribution in [2.75, 3.05) is 0 Å². The molecule has 0 bridgehead atoms. The van der Waals surface area contributed by atoms with Gasteiger partial charge in [0, 0.05) is 0 Å². The Morgan fingerprint density at radius 2 is 1.59 bits per heavy atom. The van der Waals surface area contributed by atoms with Crippen LogP contribution in [0.2, 0.25) is 0 Å². The van der Waals surface area contributed by atoms with Crippen LogP contribution < -0.4 is 16.1 Å². The summed E-state index contributed by atoms with van der Waals surface area (Å²) < 4.78 is 5.24. The minimum Gasteiger partial charge on any atom is -0.467 e. The van der Waals surface area contributed by atoms with E-state index < -0.39 is 17.5 Å². The van der Waals surface area contributed by atoms with Gasteiger partial charge in [0.15, 0.2) is 10.7 Å². The van der Waals surface area contributed by atoms with Crippen LogP contribution in [0.5, 0.6) is 0 Å². The molecule has 0 unspecified atom stereocenters. The van der Waals surface area contributed by atoms with Crippen molar-refractivity contribution in [3.05, 3.63) is 95.9 Å². The van der Waals surface area contributed by atoms with Gasteiger partial charge in [-0.15, -0.1) is 0 Å².